The summed E-state index contributed by atoms with van der Waals surface area (Å²) in [4.78, 5) is 0. The zero-order valence-corrected chi connectivity index (χ0v) is 7.80. The van der Waals surface area contributed by atoms with E-state index in [0.717, 1.165) is 0 Å². The minimum Gasteiger partial charge on any atom is -0.210 e. The second-order valence-electron chi connectivity index (χ2n) is 2.56. The molecule has 0 aliphatic carbocycles. The van der Waals surface area contributed by atoms with Crippen molar-refractivity contribution in [2.75, 3.05) is 0 Å². The molecule has 0 saturated heterocycles. The Morgan fingerprint density at radius 1 is 1.00 bits per heavy atom. The molecule has 0 bridgehead atoms. The minimum atomic E-state index is -4.73. The van der Waals surface area contributed by atoms with Crippen molar-refractivity contribution in [1.29, 1.82) is 0 Å². The first kappa shape index (κ1) is 15.1. The Bertz CT molecular complexity index is 95.2. The van der Waals surface area contributed by atoms with E-state index in [-0.39, 0.29) is 0 Å². The summed E-state index contributed by atoms with van der Waals surface area (Å²) in [6.07, 6.45) is -5.94. The minimum absolute atomic E-state index is 1.34. The zero-order chi connectivity index (χ0) is 10.9. The number of halogens is 5. The Kier molecular flexibility index (Phi) is 9.61. The highest BCUT2D eigenvalue weighted by Gasteiger charge is 2.31. The molecule has 0 spiro atoms. The first-order valence-corrected chi connectivity index (χ1v) is 4.18. The van der Waals surface area contributed by atoms with Gasteiger partial charge in [-0.2, -0.15) is 13.2 Å². The molecule has 0 nitrogen and oxygen atoms in total. The standard InChI is InChI=1S/C5H12.C3H3F5/c1-3-5-4-2;4-2(5)1-3(6,7)8/h3-5H2,1-2H3;2H,1H2. The summed E-state index contributed by atoms with van der Waals surface area (Å²) in [6, 6.07) is 0. The van der Waals surface area contributed by atoms with Crippen LogP contribution in [0.25, 0.3) is 0 Å². The fraction of sp³-hybridized carbons (Fsp3) is 1.00. The van der Waals surface area contributed by atoms with Crippen LogP contribution in [-0.2, 0) is 0 Å². The second-order valence-corrected chi connectivity index (χ2v) is 2.56. The van der Waals surface area contributed by atoms with Crippen molar-refractivity contribution in [3.8, 4) is 0 Å². The fourth-order valence-electron chi connectivity index (χ4n) is 0.529. The molecule has 0 rings (SSSR count). The van der Waals surface area contributed by atoms with Crippen molar-refractivity contribution < 1.29 is 22.0 Å². The van der Waals surface area contributed by atoms with Gasteiger partial charge in [0.15, 0.2) is 0 Å². The highest BCUT2D eigenvalue weighted by molar-refractivity contribution is 4.50. The molecule has 13 heavy (non-hydrogen) atoms. The van der Waals surface area contributed by atoms with Gasteiger partial charge in [-0.25, -0.2) is 8.78 Å². The first-order valence-electron chi connectivity index (χ1n) is 4.18. The van der Waals surface area contributed by atoms with E-state index in [4.69, 9.17) is 0 Å². The van der Waals surface area contributed by atoms with Crippen molar-refractivity contribution in [1.82, 2.24) is 0 Å². The van der Waals surface area contributed by atoms with Crippen molar-refractivity contribution in [3.05, 3.63) is 0 Å². The van der Waals surface area contributed by atoms with Crippen LogP contribution in [0.3, 0.4) is 0 Å². The van der Waals surface area contributed by atoms with Crippen LogP contribution in [-0.4, -0.2) is 12.6 Å². The number of rotatable bonds is 3. The molecule has 0 atom stereocenters. The third-order valence-electron chi connectivity index (χ3n) is 1.09. The van der Waals surface area contributed by atoms with Crippen LogP contribution in [0.15, 0.2) is 0 Å². The number of hydrogen-bond acceptors (Lipinski definition) is 0. The number of hydrogen-bond donors (Lipinski definition) is 0. The summed E-state index contributed by atoms with van der Waals surface area (Å²) in [5.74, 6) is 0. The largest absolute Gasteiger partial charge is 0.394 e. The molecule has 0 aromatic carbocycles. The lowest BCUT2D eigenvalue weighted by molar-refractivity contribution is -0.158. The van der Waals surface area contributed by atoms with Gasteiger partial charge in [0.1, 0.15) is 6.42 Å². The molecule has 0 unspecified atom stereocenters. The molecule has 82 valence electrons. The average molecular weight is 206 g/mol. The normalized spacial score (nSPS) is 11.1. The van der Waals surface area contributed by atoms with Crippen molar-refractivity contribution in [3.63, 3.8) is 0 Å². The van der Waals surface area contributed by atoms with Gasteiger partial charge in [0.05, 0.1) is 0 Å². The van der Waals surface area contributed by atoms with Crippen molar-refractivity contribution in [2.45, 2.75) is 52.1 Å². The van der Waals surface area contributed by atoms with E-state index < -0.39 is 19.0 Å². The summed E-state index contributed by atoms with van der Waals surface area (Å²) in [6.45, 7) is 4.42. The molecule has 0 aromatic heterocycles. The maximum atomic E-state index is 10.8. The maximum Gasteiger partial charge on any atom is 0.394 e. The second kappa shape index (κ2) is 8.26. The summed E-state index contributed by atoms with van der Waals surface area (Å²) in [5.41, 5.74) is 0. The highest BCUT2D eigenvalue weighted by atomic mass is 19.4. The predicted octanol–water partition coefficient (Wildman–Crippen LogP) is 4.40. The molecule has 0 N–H and O–H groups in total. The van der Waals surface area contributed by atoms with E-state index in [1.807, 2.05) is 0 Å². The lowest BCUT2D eigenvalue weighted by atomic mass is 10.3. The molecule has 0 saturated carbocycles. The van der Waals surface area contributed by atoms with Crippen molar-refractivity contribution >= 4 is 0 Å². The molecule has 0 aliphatic rings. The number of alkyl halides is 5. The third kappa shape index (κ3) is 24.5. The Balaban J connectivity index is 0. The van der Waals surface area contributed by atoms with E-state index in [9.17, 15) is 22.0 Å². The van der Waals surface area contributed by atoms with Gasteiger partial charge in [-0.05, 0) is 0 Å². The SMILES string of the molecule is CCCCC.FC(F)CC(F)(F)F. The summed E-state index contributed by atoms with van der Waals surface area (Å²) < 4.78 is 54.1. The Morgan fingerprint density at radius 2 is 1.38 bits per heavy atom. The van der Waals surface area contributed by atoms with Crippen LogP contribution in [0, 0.1) is 0 Å². The molecule has 0 aliphatic heterocycles. The smallest absolute Gasteiger partial charge is 0.210 e. The van der Waals surface area contributed by atoms with E-state index in [0.29, 0.717) is 0 Å². The topological polar surface area (TPSA) is 0 Å². The van der Waals surface area contributed by atoms with Crippen LogP contribution < -0.4 is 0 Å². The lowest BCUT2D eigenvalue weighted by Gasteiger charge is -2.02. The molecular weight excluding hydrogens is 191 g/mol. The Labute approximate surface area is 75.1 Å². The lowest BCUT2D eigenvalue weighted by Crippen LogP contribution is -2.12. The van der Waals surface area contributed by atoms with Gasteiger partial charge < -0.3 is 0 Å². The van der Waals surface area contributed by atoms with Crippen LogP contribution >= 0.6 is 0 Å². The van der Waals surface area contributed by atoms with Crippen LogP contribution in [0.5, 0.6) is 0 Å². The monoisotopic (exact) mass is 206 g/mol. The number of unbranched alkanes of at least 4 members (excludes halogenated alkanes) is 2. The van der Waals surface area contributed by atoms with Gasteiger partial charge in [-0.1, -0.05) is 33.1 Å². The van der Waals surface area contributed by atoms with Gasteiger partial charge in [0, 0.05) is 0 Å². The summed E-state index contributed by atoms with van der Waals surface area (Å²) in [7, 11) is 0. The average Bonchev–Trinajstić information content (AvgIpc) is 1.84. The molecule has 0 amide bonds. The van der Waals surface area contributed by atoms with Crippen LogP contribution in [0.4, 0.5) is 22.0 Å². The molecule has 5 heteroatoms. The predicted molar refractivity (Wildman–Crippen MR) is 41.9 cm³/mol. The Morgan fingerprint density at radius 3 is 1.38 bits per heavy atom. The van der Waals surface area contributed by atoms with Gasteiger partial charge in [-0.3, -0.25) is 0 Å². The van der Waals surface area contributed by atoms with E-state index >= 15 is 0 Å². The molecular formula is C8H15F5. The van der Waals surface area contributed by atoms with Gasteiger partial charge in [0.2, 0.25) is 6.43 Å². The van der Waals surface area contributed by atoms with Crippen molar-refractivity contribution in [2.24, 2.45) is 0 Å². The van der Waals surface area contributed by atoms with Gasteiger partial charge in [0.25, 0.3) is 0 Å². The zero-order valence-electron chi connectivity index (χ0n) is 7.80. The molecule has 0 radical (unpaired) electrons. The van der Waals surface area contributed by atoms with Gasteiger partial charge in [-0.15, -0.1) is 0 Å². The Hall–Kier alpha value is -0.350. The third-order valence-corrected chi connectivity index (χ3v) is 1.09. The molecule has 0 aromatic rings. The van der Waals surface area contributed by atoms with E-state index in [2.05, 4.69) is 13.8 Å². The summed E-state index contributed by atoms with van der Waals surface area (Å²) in [5, 5.41) is 0. The molecule has 0 fully saturated rings. The first-order chi connectivity index (χ1) is 5.83. The highest BCUT2D eigenvalue weighted by Crippen LogP contribution is 2.22. The quantitative estimate of drug-likeness (QED) is 0.600. The fourth-order valence-corrected chi connectivity index (χ4v) is 0.529. The van der Waals surface area contributed by atoms with E-state index in [1.54, 1.807) is 0 Å². The van der Waals surface area contributed by atoms with Gasteiger partial charge >= 0.3 is 6.18 Å². The van der Waals surface area contributed by atoms with E-state index in [1.165, 1.54) is 19.3 Å². The maximum absolute atomic E-state index is 10.8. The van der Waals surface area contributed by atoms with Crippen LogP contribution in [0.2, 0.25) is 0 Å². The summed E-state index contributed by atoms with van der Waals surface area (Å²) >= 11 is 0. The van der Waals surface area contributed by atoms with Crippen LogP contribution in [0.1, 0.15) is 39.5 Å². The molecule has 0 heterocycles.